The predicted molar refractivity (Wildman–Crippen MR) is 69.1 cm³/mol. The van der Waals surface area contributed by atoms with Gasteiger partial charge in [0.1, 0.15) is 5.82 Å². The summed E-state index contributed by atoms with van der Waals surface area (Å²) >= 11 is 6.18. The number of nitrogens with zero attached hydrogens (tertiary/aromatic N) is 1. The molecule has 1 aromatic heterocycles. The number of halogens is 1. The van der Waals surface area contributed by atoms with Crippen molar-refractivity contribution in [3.63, 3.8) is 0 Å². The van der Waals surface area contributed by atoms with E-state index in [1.54, 1.807) is 0 Å². The summed E-state index contributed by atoms with van der Waals surface area (Å²) in [6, 6.07) is 4.05. The van der Waals surface area contributed by atoms with Gasteiger partial charge in [-0.2, -0.15) is 0 Å². The first-order valence-corrected chi connectivity index (χ1v) is 6.49. The number of anilines is 1. The number of aryl methyl sites for hydroxylation is 1. The first kappa shape index (κ1) is 11.7. The Morgan fingerprint density at radius 1 is 1.50 bits per heavy atom. The van der Waals surface area contributed by atoms with Gasteiger partial charge in [0.05, 0.1) is 0 Å². The van der Waals surface area contributed by atoms with Crippen LogP contribution in [0.15, 0.2) is 18.3 Å². The molecule has 1 aromatic rings. The second-order valence-corrected chi connectivity index (χ2v) is 5.30. The molecular weight excluding hydrogens is 220 g/mol. The molecular formula is C13H19ClN2. The van der Waals surface area contributed by atoms with E-state index in [2.05, 4.69) is 23.3 Å². The lowest BCUT2D eigenvalue weighted by atomic mass is 9.89. The van der Waals surface area contributed by atoms with Crippen LogP contribution in [0.4, 0.5) is 5.82 Å². The topological polar surface area (TPSA) is 24.9 Å². The van der Waals surface area contributed by atoms with Crippen molar-refractivity contribution < 1.29 is 0 Å². The van der Waals surface area contributed by atoms with Gasteiger partial charge in [-0.3, -0.25) is 0 Å². The molecule has 2 atom stereocenters. The quantitative estimate of drug-likeness (QED) is 0.814. The SMILES string of the molecule is Cc1cccnc1NCC1CCCC(Cl)C1. The van der Waals surface area contributed by atoms with Crippen molar-refractivity contribution in [1.29, 1.82) is 0 Å². The highest BCUT2D eigenvalue weighted by atomic mass is 35.5. The minimum absolute atomic E-state index is 0.380. The molecule has 1 N–H and O–H groups in total. The second kappa shape index (κ2) is 5.53. The molecule has 0 spiro atoms. The fourth-order valence-electron chi connectivity index (χ4n) is 2.32. The van der Waals surface area contributed by atoms with Crippen molar-refractivity contribution in [2.24, 2.45) is 5.92 Å². The molecule has 0 radical (unpaired) electrons. The van der Waals surface area contributed by atoms with Crippen LogP contribution in [-0.4, -0.2) is 16.9 Å². The maximum absolute atomic E-state index is 6.18. The molecule has 2 nitrogen and oxygen atoms in total. The van der Waals surface area contributed by atoms with Crippen molar-refractivity contribution >= 4 is 17.4 Å². The molecule has 1 aliphatic carbocycles. The van der Waals surface area contributed by atoms with Gasteiger partial charge in [0, 0.05) is 18.1 Å². The van der Waals surface area contributed by atoms with Gasteiger partial charge in [0.2, 0.25) is 0 Å². The number of pyridine rings is 1. The summed E-state index contributed by atoms with van der Waals surface area (Å²) < 4.78 is 0. The van der Waals surface area contributed by atoms with Crippen molar-refractivity contribution in [2.45, 2.75) is 38.0 Å². The van der Waals surface area contributed by atoms with Crippen LogP contribution in [0.5, 0.6) is 0 Å². The number of alkyl halides is 1. The highest BCUT2D eigenvalue weighted by Crippen LogP contribution is 2.28. The van der Waals surface area contributed by atoms with E-state index in [-0.39, 0.29) is 0 Å². The second-order valence-electron chi connectivity index (χ2n) is 4.68. The molecule has 2 rings (SSSR count). The predicted octanol–water partition coefficient (Wildman–Crippen LogP) is 3.60. The van der Waals surface area contributed by atoms with Crippen LogP contribution >= 0.6 is 11.6 Å². The third kappa shape index (κ3) is 3.11. The molecule has 0 aliphatic heterocycles. The van der Waals surface area contributed by atoms with Gasteiger partial charge in [0.25, 0.3) is 0 Å². The zero-order valence-corrected chi connectivity index (χ0v) is 10.5. The Labute approximate surface area is 102 Å². The van der Waals surface area contributed by atoms with Crippen LogP contribution in [0.2, 0.25) is 0 Å². The summed E-state index contributed by atoms with van der Waals surface area (Å²) in [7, 11) is 0. The van der Waals surface area contributed by atoms with Crippen LogP contribution in [0, 0.1) is 12.8 Å². The van der Waals surface area contributed by atoms with Crippen LogP contribution in [0.25, 0.3) is 0 Å². The summed E-state index contributed by atoms with van der Waals surface area (Å²) in [5.41, 5.74) is 1.21. The molecule has 3 heteroatoms. The summed E-state index contributed by atoms with van der Waals surface area (Å²) in [5, 5.41) is 3.81. The number of hydrogen-bond donors (Lipinski definition) is 1. The minimum atomic E-state index is 0.380. The lowest BCUT2D eigenvalue weighted by molar-refractivity contribution is 0.378. The zero-order valence-electron chi connectivity index (χ0n) is 9.75. The molecule has 0 saturated heterocycles. The fourth-order valence-corrected chi connectivity index (χ4v) is 2.73. The molecule has 0 aromatic carbocycles. The molecule has 16 heavy (non-hydrogen) atoms. The van der Waals surface area contributed by atoms with E-state index in [9.17, 15) is 0 Å². The fraction of sp³-hybridized carbons (Fsp3) is 0.615. The Bertz CT molecular complexity index is 340. The number of hydrogen-bond acceptors (Lipinski definition) is 2. The average molecular weight is 239 g/mol. The van der Waals surface area contributed by atoms with E-state index in [1.165, 1.54) is 24.8 Å². The van der Waals surface area contributed by atoms with Crippen molar-refractivity contribution in [3.05, 3.63) is 23.9 Å². The molecule has 2 unspecified atom stereocenters. The lowest BCUT2D eigenvalue weighted by Gasteiger charge is -2.25. The Morgan fingerprint density at radius 3 is 3.12 bits per heavy atom. The van der Waals surface area contributed by atoms with Crippen LogP contribution in [0.3, 0.4) is 0 Å². The standard InChI is InChI=1S/C13H19ClN2/c1-10-4-3-7-15-13(10)16-9-11-5-2-6-12(14)8-11/h3-4,7,11-12H,2,5-6,8-9H2,1H3,(H,15,16). The monoisotopic (exact) mass is 238 g/mol. The van der Waals surface area contributed by atoms with Crippen molar-refractivity contribution in [2.75, 3.05) is 11.9 Å². The third-order valence-electron chi connectivity index (χ3n) is 3.29. The molecule has 0 amide bonds. The van der Waals surface area contributed by atoms with E-state index >= 15 is 0 Å². The van der Waals surface area contributed by atoms with E-state index in [1.807, 2.05) is 12.3 Å². The first-order valence-electron chi connectivity index (χ1n) is 6.05. The molecule has 1 aliphatic rings. The summed E-state index contributed by atoms with van der Waals surface area (Å²) in [5.74, 6) is 1.72. The van der Waals surface area contributed by atoms with Crippen molar-refractivity contribution in [1.82, 2.24) is 4.98 Å². The maximum Gasteiger partial charge on any atom is 0.128 e. The Kier molecular flexibility index (Phi) is 4.05. The Morgan fingerprint density at radius 2 is 2.38 bits per heavy atom. The number of nitrogens with one attached hydrogen (secondary N) is 1. The highest BCUT2D eigenvalue weighted by Gasteiger charge is 2.20. The van der Waals surface area contributed by atoms with Crippen LogP contribution < -0.4 is 5.32 Å². The van der Waals surface area contributed by atoms with Gasteiger partial charge in [-0.15, -0.1) is 11.6 Å². The van der Waals surface area contributed by atoms with Gasteiger partial charge in [-0.1, -0.05) is 12.5 Å². The molecule has 1 fully saturated rings. The summed E-state index contributed by atoms with van der Waals surface area (Å²) in [6.45, 7) is 3.08. The lowest BCUT2D eigenvalue weighted by Crippen LogP contribution is -2.22. The first-order chi connectivity index (χ1) is 7.75. The Hall–Kier alpha value is -0.760. The summed E-state index contributed by atoms with van der Waals surface area (Å²) in [4.78, 5) is 4.34. The zero-order chi connectivity index (χ0) is 11.4. The van der Waals surface area contributed by atoms with Gasteiger partial charge in [-0.25, -0.2) is 4.98 Å². The normalized spacial score (nSPS) is 25.4. The van der Waals surface area contributed by atoms with Gasteiger partial charge >= 0.3 is 0 Å². The van der Waals surface area contributed by atoms with E-state index in [0.29, 0.717) is 11.3 Å². The maximum atomic E-state index is 6.18. The number of aromatic nitrogens is 1. The Balaban J connectivity index is 1.85. The van der Waals surface area contributed by atoms with Crippen LogP contribution in [-0.2, 0) is 0 Å². The van der Waals surface area contributed by atoms with Crippen molar-refractivity contribution in [3.8, 4) is 0 Å². The largest absolute Gasteiger partial charge is 0.370 e. The summed E-state index contributed by atoms with van der Waals surface area (Å²) in [6.07, 6.45) is 6.71. The number of rotatable bonds is 3. The molecule has 1 saturated carbocycles. The smallest absolute Gasteiger partial charge is 0.128 e. The van der Waals surface area contributed by atoms with Crippen LogP contribution in [0.1, 0.15) is 31.2 Å². The van der Waals surface area contributed by atoms with E-state index in [4.69, 9.17) is 11.6 Å². The molecule has 88 valence electrons. The molecule has 0 bridgehead atoms. The van der Waals surface area contributed by atoms with Gasteiger partial charge < -0.3 is 5.32 Å². The van der Waals surface area contributed by atoms with E-state index in [0.717, 1.165) is 18.8 Å². The van der Waals surface area contributed by atoms with E-state index < -0.39 is 0 Å². The van der Waals surface area contributed by atoms with Gasteiger partial charge in [0.15, 0.2) is 0 Å². The van der Waals surface area contributed by atoms with Gasteiger partial charge in [-0.05, 0) is 43.7 Å². The molecule has 1 heterocycles. The minimum Gasteiger partial charge on any atom is -0.370 e. The average Bonchev–Trinajstić information content (AvgIpc) is 2.28. The third-order valence-corrected chi connectivity index (χ3v) is 3.68. The highest BCUT2D eigenvalue weighted by molar-refractivity contribution is 6.20.